The van der Waals surface area contributed by atoms with E-state index in [0.29, 0.717) is 37.1 Å². The number of unbranched alkanes of at least 4 members (excludes halogenated alkanes) is 1. The zero-order valence-electron chi connectivity index (χ0n) is 11.3. The Kier molecular flexibility index (Phi) is 6.22. The van der Waals surface area contributed by atoms with Gasteiger partial charge in [-0.15, -0.1) is 0 Å². The first-order valence-electron chi connectivity index (χ1n) is 6.32. The lowest BCUT2D eigenvalue weighted by Gasteiger charge is -2.12. The number of carboxylic acid groups (broad SMARTS) is 1. The summed E-state index contributed by atoms with van der Waals surface area (Å²) in [6.07, 6.45) is 1.37. The number of carbonyl (C=O) groups is 3. The van der Waals surface area contributed by atoms with E-state index in [9.17, 15) is 14.4 Å². The zero-order valence-corrected chi connectivity index (χ0v) is 11.3. The van der Waals surface area contributed by atoms with Gasteiger partial charge in [0.05, 0.1) is 0 Å². The van der Waals surface area contributed by atoms with Crippen LogP contribution in [0.1, 0.15) is 29.6 Å². The van der Waals surface area contributed by atoms with Crippen LogP contribution >= 0.6 is 0 Å². The van der Waals surface area contributed by atoms with Crippen LogP contribution in [0.2, 0.25) is 0 Å². The second-order valence-corrected chi connectivity index (χ2v) is 4.45. The largest absolute Gasteiger partial charge is 0.465 e. The average Bonchev–Trinajstić information content (AvgIpc) is 2.44. The van der Waals surface area contributed by atoms with Crippen molar-refractivity contribution in [2.75, 3.05) is 18.9 Å². The molecule has 0 aliphatic rings. The van der Waals surface area contributed by atoms with Crippen LogP contribution < -0.4 is 5.32 Å². The molecule has 0 aliphatic heterocycles. The predicted molar refractivity (Wildman–Crippen MR) is 75.0 cm³/mol. The number of anilines is 1. The minimum atomic E-state index is -0.968. The van der Waals surface area contributed by atoms with Gasteiger partial charge in [0.1, 0.15) is 6.29 Å². The third-order valence-corrected chi connectivity index (χ3v) is 2.80. The molecule has 2 amide bonds. The van der Waals surface area contributed by atoms with Crippen molar-refractivity contribution in [3.63, 3.8) is 0 Å². The molecule has 0 saturated carbocycles. The number of nitrogens with zero attached hydrogens (tertiary/aromatic N) is 1. The van der Waals surface area contributed by atoms with Crippen molar-refractivity contribution >= 4 is 24.0 Å². The summed E-state index contributed by atoms with van der Waals surface area (Å²) in [5.74, 6) is -0.123. The standard InChI is InChI=1S/C14H18N2O4/c1-16(14(19)20)9-3-2-4-13(18)15-12-7-5-11(10-17)6-8-12/h5-8,10H,2-4,9H2,1H3,(H,15,18)(H,19,20). The summed E-state index contributed by atoms with van der Waals surface area (Å²) in [7, 11) is 1.50. The third kappa shape index (κ3) is 5.51. The highest BCUT2D eigenvalue weighted by Gasteiger charge is 2.06. The normalized spacial score (nSPS) is 9.85. The zero-order chi connectivity index (χ0) is 15.0. The van der Waals surface area contributed by atoms with E-state index in [4.69, 9.17) is 5.11 Å². The van der Waals surface area contributed by atoms with E-state index in [1.807, 2.05) is 0 Å². The summed E-state index contributed by atoms with van der Waals surface area (Å²) in [6.45, 7) is 0.413. The molecular formula is C14H18N2O4. The lowest BCUT2D eigenvalue weighted by atomic mass is 10.2. The van der Waals surface area contributed by atoms with Gasteiger partial charge in [-0.25, -0.2) is 4.79 Å². The SMILES string of the molecule is CN(CCCCC(=O)Nc1ccc(C=O)cc1)C(=O)O. The monoisotopic (exact) mass is 278 g/mol. The Morgan fingerprint density at radius 3 is 2.45 bits per heavy atom. The van der Waals surface area contributed by atoms with Crippen LogP contribution in [0.15, 0.2) is 24.3 Å². The Morgan fingerprint density at radius 2 is 1.90 bits per heavy atom. The molecule has 0 aliphatic carbocycles. The van der Waals surface area contributed by atoms with Gasteiger partial charge in [0.15, 0.2) is 0 Å². The van der Waals surface area contributed by atoms with E-state index in [0.717, 1.165) is 6.29 Å². The minimum Gasteiger partial charge on any atom is -0.465 e. The van der Waals surface area contributed by atoms with Crippen molar-refractivity contribution in [1.82, 2.24) is 4.90 Å². The van der Waals surface area contributed by atoms with Crippen molar-refractivity contribution in [2.45, 2.75) is 19.3 Å². The summed E-state index contributed by atoms with van der Waals surface area (Å²) in [6, 6.07) is 6.59. The van der Waals surface area contributed by atoms with Crippen LogP contribution in [0.3, 0.4) is 0 Å². The van der Waals surface area contributed by atoms with Crippen molar-refractivity contribution in [1.29, 1.82) is 0 Å². The van der Waals surface area contributed by atoms with Crippen LogP contribution in [-0.2, 0) is 4.79 Å². The molecule has 6 heteroatoms. The van der Waals surface area contributed by atoms with E-state index < -0.39 is 6.09 Å². The molecule has 0 spiro atoms. The molecule has 0 radical (unpaired) electrons. The molecule has 0 saturated heterocycles. The molecule has 6 nitrogen and oxygen atoms in total. The minimum absolute atomic E-state index is 0.123. The maximum absolute atomic E-state index is 11.6. The van der Waals surface area contributed by atoms with Crippen molar-refractivity contribution in [3.05, 3.63) is 29.8 Å². The first-order chi connectivity index (χ1) is 9.52. The number of hydrogen-bond acceptors (Lipinski definition) is 3. The van der Waals surface area contributed by atoms with E-state index >= 15 is 0 Å². The summed E-state index contributed by atoms with van der Waals surface area (Å²) in [5.41, 5.74) is 1.20. The molecule has 0 unspecified atom stereocenters. The van der Waals surface area contributed by atoms with Gasteiger partial charge in [-0.3, -0.25) is 9.59 Å². The third-order valence-electron chi connectivity index (χ3n) is 2.80. The highest BCUT2D eigenvalue weighted by molar-refractivity contribution is 5.91. The fraction of sp³-hybridized carbons (Fsp3) is 0.357. The van der Waals surface area contributed by atoms with Gasteiger partial charge in [0.2, 0.25) is 5.91 Å². The van der Waals surface area contributed by atoms with Crippen molar-refractivity contribution in [2.24, 2.45) is 0 Å². The number of nitrogens with one attached hydrogen (secondary N) is 1. The number of carbonyl (C=O) groups excluding carboxylic acids is 2. The Labute approximate surface area is 117 Å². The first-order valence-corrected chi connectivity index (χ1v) is 6.32. The fourth-order valence-corrected chi connectivity index (χ4v) is 1.60. The molecule has 108 valence electrons. The Morgan fingerprint density at radius 1 is 1.25 bits per heavy atom. The molecule has 20 heavy (non-hydrogen) atoms. The summed E-state index contributed by atoms with van der Waals surface area (Å²) in [5, 5.41) is 11.4. The van der Waals surface area contributed by atoms with Crippen molar-refractivity contribution in [3.8, 4) is 0 Å². The molecule has 0 atom stereocenters. The van der Waals surface area contributed by atoms with E-state index in [2.05, 4.69) is 5.32 Å². The van der Waals surface area contributed by atoms with Gasteiger partial charge in [-0.05, 0) is 37.1 Å². The number of rotatable bonds is 7. The quantitative estimate of drug-likeness (QED) is 0.591. The van der Waals surface area contributed by atoms with Gasteiger partial charge in [-0.1, -0.05) is 0 Å². The van der Waals surface area contributed by atoms with Crippen molar-refractivity contribution < 1.29 is 19.5 Å². The first kappa shape index (κ1) is 15.7. The summed E-state index contributed by atoms with van der Waals surface area (Å²) < 4.78 is 0. The molecule has 2 N–H and O–H groups in total. The summed E-state index contributed by atoms with van der Waals surface area (Å²) in [4.78, 5) is 33.9. The molecule has 0 bridgehead atoms. The Hall–Kier alpha value is -2.37. The van der Waals surface area contributed by atoms with Gasteiger partial charge in [0, 0.05) is 31.3 Å². The van der Waals surface area contributed by atoms with Gasteiger partial charge >= 0.3 is 6.09 Å². The topological polar surface area (TPSA) is 86.7 Å². The lowest BCUT2D eigenvalue weighted by molar-refractivity contribution is -0.116. The maximum atomic E-state index is 11.6. The van der Waals surface area contributed by atoms with Crippen LogP contribution in [0.5, 0.6) is 0 Å². The second kappa shape index (κ2) is 7.93. The molecule has 1 aromatic rings. The smallest absolute Gasteiger partial charge is 0.407 e. The molecular weight excluding hydrogens is 260 g/mol. The lowest BCUT2D eigenvalue weighted by Crippen LogP contribution is -2.25. The number of benzene rings is 1. The fourth-order valence-electron chi connectivity index (χ4n) is 1.60. The van der Waals surface area contributed by atoms with E-state index in [-0.39, 0.29) is 5.91 Å². The second-order valence-electron chi connectivity index (χ2n) is 4.45. The van der Waals surface area contributed by atoms with E-state index in [1.165, 1.54) is 11.9 Å². The molecule has 1 rings (SSSR count). The molecule has 1 aromatic carbocycles. The molecule has 0 heterocycles. The van der Waals surface area contributed by atoms with Crippen LogP contribution in [0.25, 0.3) is 0 Å². The number of aldehydes is 1. The Bertz CT molecular complexity index is 471. The van der Waals surface area contributed by atoms with Gasteiger partial charge in [-0.2, -0.15) is 0 Å². The van der Waals surface area contributed by atoms with Gasteiger partial charge < -0.3 is 15.3 Å². The number of hydrogen-bond donors (Lipinski definition) is 2. The predicted octanol–water partition coefficient (Wildman–Crippen LogP) is 2.22. The highest BCUT2D eigenvalue weighted by atomic mass is 16.4. The maximum Gasteiger partial charge on any atom is 0.407 e. The average molecular weight is 278 g/mol. The number of amides is 2. The van der Waals surface area contributed by atoms with Gasteiger partial charge in [0.25, 0.3) is 0 Å². The summed E-state index contributed by atoms with van der Waals surface area (Å²) >= 11 is 0. The van der Waals surface area contributed by atoms with Crippen LogP contribution in [0, 0.1) is 0 Å². The molecule has 0 aromatic heterocycles. The van der Waals surface area contributed by atoms with Crippen LogP contribution in [-0.4, -0.2) is 41.9 Å². The molecule has 0 fully saturated rings. The van der Waals surface area contributed by atoms with E-state index in [1.54, 1.807) is 24.3 Å². The van der Waals surface area contributed by atoms with Crippen LogP contribution in [0.4, 0.5) is 10.5 Å². The Balaban J connectivity index is 2.26. The highest BCUT2D eigenvalue weighted by Crippen LogP contribution is 2.09.